The second kappa shape index (κ2) is 7.55. The Morgan fingerprint density at radius 1 is 1.25 bits per heavy atom. The lowest BCUT2D eigenvalue weighted by Crippen LogP contribution is -2.50. The third kappa shape index (κ3) is 3.63. The molecule has 2 heterocycles. The van der Waals surface area contributed by atoms with E-state index in [1.165, 1.54) is 7.11 Å². The summed E-state index contributed by atoms with van der Waals surface area (Å²) in [6, 6.07) is 9.79. The van der Waals surface area contributed by atoms with E-state index in [-0.39, 0.29) is 18.6 Å². The number of hydrogen-bond acceptors (Lipinski definition) is 6. The zero-order valence-corrected chi connectivity index (χ0v) is 14.0. The summed E-state index contributed by atoms with van der Waals surface area (Å²) < 4.78 is 10.4. The fraction of sp³-hybridized carbons (Fsp3) is 0.471. The molecule has 7 heteroatoms. The molecule has 1 saturated heterocycles. The number of carbonyl (C=O) groups excluding carboxylic acids is 1. The van der Waals surface area contributed by atoms with Gasteiger partial charge in [-0.25, -0.2) is 0 Å². The molecule has 1 aromatic heterocycles. The van der Waals surface area contributed by atoms with Crippen molar-refractivity contribution in [2.45, 2.75) is 13.0 Å². The molecule has 1 aliphatic rings. The van der Waals surface area contributed by atoms with Crippen LogP contribution in [0.3, 0.4) is 0 Å². The molecule has 7 nitrogen and oxygen atoms in total. The van der Waals surface area contributed by atoms with Crippen LogP contribution in [0.1, 0.15) is 18.9 Å². The van der Waals surface area contributed by atoms with Crippen LogP contribution >= 0.6 is 0 Å². The van der Waals surface area contributed by atoms with Gasteiger partial charge >= 0.3 is 0 Å². The molecule has 0 spiro atoms. The van der Waals surface area contributed by atoms with Crippen molar-refractivity contribution in [2.75, 3.05) is 39.9 Å². The molecule has 0 radical (unpaired) electrons. The maximum atomic E-state index is 11.8. The Morgan fingerprint density at radius 3 is 2.62 bits per heavy atom. The van der Waals surface area contributed by atoms with E-state index in [0.29, 0.717) is 24.8 Å². The third-order valence-corrected chi connectivity index (χ3v) is 4.31. The SMILES string of the molecule is COCC(=O)N1CCN([C@@H](C)c2nc(-c3ccccc3)no2)CC1. The highest BCUT2D eigenvalue weighted by atomic mass is 16.5. The molecule has 1 fully saturated rings. The predicted octanol–water partition coefficient (Wildman–Crippen LogP) is 1.59. The molecular formula is C17H22N4O3. The van der Waals surface area contributed by atoms with E-state index in [1.54, 1.807) is 0 Å². The monoisotopic (exact) mass is 330 g/mol. The van der Waals surface area contributed by atoms with Crippen LogP contribution in [0, 0.1) is 0 Å². The quantitative estimate of drug-likeness (QED) is 0.829. The molecule has 0 N–H and O–H groups in total. The van der Waals surface area contributed by atoms with Crippen LogP contribution in [0.25, 0.3) is 11.4 Å². The number of hydrogen-bond donors (Lipinski definition) is 0. The number of aromatic nitrogens is 2. The van der Waals surface area contributed by atoms with Crippen LogP contribution in [0.2, 0.25) is 0 Å². The molecule has 1 atom stereocenters. The van der Waals surface area contributed by atoms with Gasteiger partial charge in [0.2, 0.25) is 17.6 Å². The van der Waals surface area contributed by atoms with Gasteiger partial charge in [-0.2, -0.15) is 4.98 Å². The molecule has 128 valence electrons. The van der Waals surface area contributed by atoms with Crippen LogP contribution < -0.4 is 0 Å². The lowest BCUT2D eigenvalue weighted by atomic mass is 10.2. The summed E-state index contributed by atoms with van der Waals surface area (Å²) in [5, 5.41) is 4.08. The maximum absolute atomic E-state index is 11.8. The van der Waals surface area contributed by atoms with Crippen molar-refractivity contribution >= 4 is 5.91 Å². The number of rotatable bonds is 5. The van der Waals surface area contributed by atoms with Crippen molar-refractivity contribution in [1.29, 1.82) is 0 Å². The molecular weight excluding hydrogens is 308 g/mol. The first kappa shape index (κ1) is 16.6. The standard InChI is InChI=1S/C17H22N4O3/c1-13(20-8-10-21(11-9-20)15(22)12-23-2)17-18-16(19-24-17)14-6-4-3-5-7-14/h3-7,13H,8-12H2,1-2H3/t13-/m0/s1. The van der Waals surface area contributed by atoms with Crippen LogP contribution in [-0.4, -0.2) is 65.7 Å². The van der Waals surface area contributed by atoms with Gasteiger partial charge < -0.3 is 14.2 Å². The van der Waals surface area contributed by atoms with Gasteiger partial charge in [0, 0.05) is 38.9 Å². The largest absolute Gasteiger partial charge is 0.375 e. The average molecular weight is 330 g/mol. The lowest BCUT2D eigenvalue weighted by Gasteiger charge is -2.36. The average Bonchev–Trinajstić information content (AvgIpc) is 3.12. The fourth-order valence-corrected chi connectivity index (χ4v) is 2.84. The van der Waals surface area contributed by atoms with Gasteiger partial charge in [-0.15, -0.1) is 0 Å². The zero-order chi connectivity index (χ0) is 16.9. The van der Waals surface area contributed by atoms with Gasteiger partial charge in [-0.05, 0) is 6.92 Å². The van der Waals surface area contributed by atoms with E-state index in [0.717, 1.165) is 18.7 Å². The molecule has 0 aliphatic carbocycles. The van der Waals surface area contributed by atoms with Crippen LogP contribution in [0.4, 0.5) is 0 Å². The topological polar surface area (TPSA) is 71.7 Å². The zero-order valence-electron chi connectivity index (χ0n) is 14.0. The molecule has 2 aromatic rings. The van der Waals surface area contributed by atoms with Gasteiger partial charge in [0.1, 0.15) is 6.61 Å². The van der Waals surface area contributed by atoms with E-state index in [9.17, 15) is 4.79 Å². The number of amides is 1. The molecule has 0 unspecified atom stereocenters. The minimum absolute atomic E-state index is 0.0228. The Hall–Kier alpha value is -2.25. The second-order valence-corrected chi connectivity index (χ2v) is 5.85. The molecule has 0 saturated carbocycles. The lowest BCUT2D eigenvalue weighted by molar-refractivity contribution is -0.137. The third-order valence-electron chi connectivity index (χ3n) is 4.31. The number of carbonyl (C=O) groups is 1. The van der Waals surface area contributed by atoms with Crippen molar-refractivity contribution in [2.24, 2.45) is 0 Å². The number of piperazine rings is 1. The summed E-state index contributed by atoms with van der Waals surface area (Å²) in [4.78, 5) is 20.4. The van der Waals surface area contributed by atoms with Crippen molar-refractivity contribution in [3.8, 4) is 11.4 Å². The Labute approximate surface area is 141 Å². The highest BCUT2D eigenvalue weighted by Crippen LogP contribution is 2.23. The summed E-state index contributed by atoms with van der Waals surface area (Å²) in [6.07, 6.45) is 0. The predicted molar refractivity (Wildman–Crippen MR) is 88.2 cm³/mol. The molecule has 3 rings (SSSR count). The normalized spacial score (nSPS) is 17.0. The smallest absolute Gasteiger partial charge is 0.248 e. The minimum Gasteiger partial charge on any atom is -0.375 e. The Kier molecular flexibility index (Phi) is 5.22. The first-order chi connectivity index (χ1) is 11.7. The van der Waals surface area contributed by atoms with Crippen molar-refractivity contribution in [3.63, 3.8) is 0 Å². The Bertz CT molecular complexity index is 665. The van der Waals surface area contributed by atoms with Gasteiger partial charge in [-0.1, -0.05) is 35.5 Å². The highest BCUT2D eigenvalue weighted by molar-refractivity contribution is 5.77. The van der Waals surface area contributed by atoms with Crippen LogP contribution in [0.15, 0.2) is 34.9 Å². The Morgan fingerprint density at radius 2 is 1.96 bits per heavy atom. The van der Waals surface area contributed by atoms with E-state index in [4.69, 9.17) is 9.26 Å². The number of ether oxygens (including phenoxy) is 1. The van der Waals surface area contributed by atoms with Gasteiger partial charge in [0.25, 0.3) is 0 Å². The first-order valence-electron chi connectivity index (χ1n) is 8.09. The summed E-state index contributed by atoms with van der Waals surface area (Å²) in [5.41, 5.74) is 0.940. The fourth-order valence-electron chi connectivity index (χ4n) is 2.84. The molecule has 1 aliphatic heterocycles. The molecule has 24 heavy (non-hydrogen) atoms. The minimum atomic E-state index is 0.0228. The summed E-state index contributed by atoms with van der Waals surface area (Å²) in [7, 11) is 1.54. The van der Waals surface area contributed by atoms with Crippen LogP contribution in [-0.2, 0) is 9.53 Å². The molecule has 1 amide bonds. The first-order valence-corrected chi connectivity index (χ1v) is 8.09. The summed E-state index contributed by atoms with van der Waals surface area (Å²) in [5.74, 6) is 1.24. The van der Waals surface area contributed by atoms with Gasteiger partial charge in [-0.3, -0.25) is 9.69 Å². The second-order valence-electron chi connectivity index (χ2n) is 5.85. The van der Waals surface area contributed by atoms with E-state index in [1.807, 2.05) is 35.2 Å². The number of benzene rings is 1. The maximum Gasteiger partial charge on any atom is 0.248 e. The molecule has 0 bridgehead atoms. The van der Waals surface area contributed by atoms with E-state index in [2.05, 4.69) is 22.0 Å². The molecule has 1 aromatic carbocycles. The highest BCUT2D eigenvalue weighted by Gasteiger charge is 2.27. The summed E-state index contributed by atoms with van der Waals surface area (Å²) >= 11 is 0. The van der Waals surface area contributed by atoms with Crippen LogP contribution in [0.5, 0.6) is 0 Å². The van der Waals surface area contributed by atoms with Crippen molar-refractivity contribution < 1.29 is 14.1 Å². The van der Waals surface area contributed by atoms with Gasteiger partial charge in [0.15, 0.2) is 0 Å². The van der Waals surface area contributed by atoms with E-state index >= 15 is 0 Å². The number of methoxy groups -OCH3 is 1. The summed E-state index contributed by atoms with van der Waals surface area (Å²) in [6.45, 7) is 5.12. The number of nitrogens with zero attached hydrogens (tertiary/aromatic N) is 4. The van der Waals surface area contributed by atoms with Gasteiger partial charge in [0.05, 0.1) is 6.04 Å². The van der Waals surface area contributed by atoms with Crippen molar-refractivity contribution in [3.05, 3.63) is 36.2 Å². The van der Waals surface area contributed by atoms with Crippen molar-refractivity contribution in [1.82, 2.24) is 19.9 Å². The Balaban J connectivity index is 1.61. The van der Waals surface area contributed by atoms with E-state index < -0.39 is 0 Å².